The van der Waals surface area contributed by atoms with E-state index in [1.807, 2.05) is 32.2 Å². The van der Waals surface area contributed by atoms with Crippen LogP contribution in [-0.2, 0) is 6.54 Å². The molecule has 1 atom stereocenters. The maximum atomic E-state index is 9.92. The molecule has 1 heterocycles. The molecule has 1 aromatic heterocycles. The highest BCUT2D eigenvalue weighted by Gasteiger charge is 2.10. The Bertz CT molecular complexity index is 519. The van der Waals surface area contributed by atoms with E-state index in [0.717, 1.165) is 29.0 Å². The second-order valence-corrected chi connectivity index (χ2v) is 4.22. The van der Waals surface area contributed by atoms with Gasteiger partial charge in [-0.25, -0.2) is 4.98 Å². The summed E-state index contributed by atoms with van der Waals surface area (Å²) in [6, 6.07) is 5.97. The molecule has 4 heteroatoms. The maximum absolute atomic E-state index is 9.92. The summed E-state index contributed by atoms with van der Waals surface area (Å²) < 4.78 is 2.17. The minimum atomic E-state index is -0.475. The van der Waals surface area contributed by atoms with Gasteiger partial charge in [-0.1, -0.05) is 6.07 Å². The van der Waals surface area contributed by atoms with Crippen LogP contribution in [0.2, 0.25) is 0 Å². The number of benzene rings is 1. The molecule has 0 fully saturated rings. The number of hydrogen-bond donors (Lipinski definition) is 2. The Balaban J connectivity index is 2.44. The molecule has 0 saturated carbocycles. The SMILES string of the molecule is CCn1c(C)nc2cc(C(O)CNC)ccc21. The molecular weight excluding hydrogens is 214 g/mol. The van der Waals surface area contributed by atoms with Crippen molar-refractivity contribution >= 4 is 11.0 Å². The number of nitrogens with zero attached hydrogens (tertiary/aromatic N) is 2. The van der Waals surface area contributed by atoms with E-state index in [-0.39, 0.29) is 0 Å². The Hall–Kier alpha value is -1.39. The van der Waals surface area contributed by atoms with Crippen LogP contribution < -0.4 is 5.32 Å². The summed E-state index contributed by atoms with van der Waals surface area (Å²) in [5.74, 6) is 1.02. The molecule has 0 aliphatic heterocycles. The van der Waals surface area contributed by atoms with Crippen molar-refractivity contribution in [3.8, 4) is 0 Å². The molecule has 2 N–H and O–H groups in total. The minimum Gasteiger partial charge on any atom is -0.387 e. The molecule has 1 aromatic carbocycles. The van der Waals surface area contributed by atoms with Crippen molar-refractivity contribution in [1.29, 1.82) is 0 Å². The van der Waals surface area contributed by atoms with Crippen LogP contribution in [0, 0.1) is 6.92 Å². The van der Waals surface area contributed by atoms with E-state index in [9.17, 15) is 5.11 Å². The number of likely N-dealkylation sites (N-methyl/N-ethyl adjacent to an activating group) is 1. The normalized spacial score (nSPS) is 13.2. The highest BCUT2D eigenvalue weighted by molar-refractivity contribution is 5.77. The summed E-state index contributed by atoms with van der Waals surface area (Å²) in [5, 5.41) is 12.9. The van der Waals surface area contributed by atoms with Gasteiger partial charge >= 0.3 is 0 Å². The van der Waals surface area contributed by atoms with Gasteiger partial charge in [0.1, 0.15) is 5.82 Å². The zero-order chi connectivity index (χ0) is 12.4. The van der Waals surface area contributed by atoms with Crippen LogP contribution >= 0.6 is 0 Å². The minimum absolute atomic E-state index is 0.475. The van der Waals surface area contributed by atoms with Gasteiger partial charge in [-0.15, -0.1) is 0 Å². The van der Waals surface area contributed by atoms with Gasteiger partial charge in [-0.05, 0) is 38.6 Å². The summed E-state index contributed by atoms with van der Waals surface area (Å²) in [5.41, 5.74) is 3.00. The van der Waals surface area contributed by atoms with Crippen LogP contribution in [0.1, 0.15) is 24.4 Å². The lowest BCUT2D eigenvalue weighted by Crippen LogP contribution is -2.16. The van der Waals surface area contributed by atoms with Crippen LogP contribution in [0.5, 0.6) is 0 Å². The van der Waals surface area contributed by atoms with E-state index >= 15 is 0 Å². The average molecular weight is 233 g/mol. The van der Waals surface area contributed by atoms with E-state index in [1.54, 1.807) is 0 Å². The van der Waals surface area contributed by atoms with Crippen LogP contribution in [-0.4, -0.2) is 28.3 Å². The van der Waals surface area contributed by atoms with Gasteiger partial charge in [0.25, 0.3) is 0 Å². The highest BCUT2D eigenvalue weighted by atomic mass is 16.3. The molecule has 0 saturated heterocycles. The zero-order valence-corrected chi connectivity index (χ0v) is 10.6. The summed E-state index contributed by atoms with van der Waals surface area (Å²) in [6.45, 7) is 5.59. The first-order valence-corrected chi connectivity index (χ1v) is 5.96. The molecule has 1 unspecified atom stereocenters. The van der Waals surface area contributed by atoms with Gasteiger partial charge in [0.2, 0.25) is 0 Å². The summed E-state index contributed by atoms with van der Waals surface area (Å²) in [6.07, 6.45) is -0.475. The zero-order valence-electron chi connectivity index (χ0n) is 10.6. The number of hydrogen-bond acceptors (Lipinski definition) is 3. The summed E-state index contributed by atoms with van der Waals surface area (Å²) in [7, 11) is 1.83. The van der Waals surface area contributed by atoms with Crippen LogP contribution in [0.3, 0.4) is 0 Å². The molecule has 2 aromatic rings. The quantitative estimate of drug-likeness (QED) is 0.843. The molecule has 0 spiro atoms. The summed E-state index contributed by atoms with van der Waals surface area (Å²) in [4.78, 5) is 4.52. The van der Waals surface area contributed by atoms with Gasteiger partial charge in [-0.2, -0.15) is 0 Å². The van der Waals surface area contributed by atoms with Crippen LogP contribution in [0.25, 0.3) is 11.0 Å². The Morgan fingerprint density at radius 1 is 1.47 bits per heavy atom. The van der Waals surface area contributed by atoms with Crippen LogP contribution in [0.15, 0.2) is 18.2 Å². The average Bonchev–Trinajstić information content (AvgIpc) is 2.63. The molecule has 4 nitrogen and oxygen atoms in total. The van der Waals surface area contributed by atoms with Gasteiger partial charge in [0.05, 0.1) is 17.1 Å². The molecule has 0 bridgehead atoms. The fourth-order valence-corrected chi connectivity index (χ4v) is 2.18. The second kappa shape index (κ2) is 4.85. The molecule has 0 radical (unpaired) electrons. The lowest BCUT2D eigenvalue weighted by atomic mass is 10.1. The first kappa shape index (κ1) is 12.1. The number of aryl methyl sites for hydroxylation is 2. The second-order valence-electron chi connectivity index (χ2n) is 4.22. The number of rotatable bonds is 4. The van der Waals surface area contributed by atoms with Crippen molar-refractivity contribution in [3.63, 3.8) is 0 Å². The Morgan fingerprint density at radius 3 is 2.88 bits per heavy atom. The number of imidazole rings is 1. The number of aliphatic hydroxyl groups excluding tert-OH is 1. The van der Waals surface area contributed by atoms with Crippen molar-refractivity contribution in [1.82, 2.24) is 14.9 Å². The van der Waals surface area contributed by atoms with Gasteiger partial charge in [0.15, 0.2) is 0 Å². The van der Waals surface area contributed by atoms with E-state index in [0.29, 0.717) is 6.54 Å². The largest absolute Gasteiger partial charge is 0.387 e. The monoisotopic (exact) mass is 233 g/mol. The lowest BCUT2D eigenvalue weighted by Gasteiger charge is -2.10. The van der Waals surface area contributed by atoms with Gasteiger partial charge in [-0.3, -0.25) is 0 Å². The number of aliphatic hydroxyl groups is 1. The number of nitrogens with one attached hydrogen (secondary N) is 1. The topological polar surface area (TPSA) is 50.1 Å². The van der Waals surface area contributed by atoms with Crippen molar-refractivity contribution in [2.45, 2.75) is 26.5 Å². The molecule has 0 aliphatic carbocycles. The Labute approximate surface area is 101 Å². The predicted molar refractivity (Wildman–Crippen MR) is 69.0 cm³/mol. The Kier molecular flexibility index (Phi) is 3.45. The van der Waals surface area contributed by atoms with Gasteiger partial charge in [0, 0.05) is 13.1 Å². The number of fused-ring (bicyclic) bond motifs is 1. The first-order valence-electron chi connectivity index (χ1n) is 5.96. The number of aromatic nitrogens is 2. The predicted octanol–water partition coefficient (Wildman–Crippen LogP) is 1.62. The lowest BCUT2D eigenvalue weighted by molar-refractivity contribution is 0.178. The molecule has 92 valence electrons. The van der Waals surface area contributed by atoms with Crippen molar-refractivity contribution in [2.75, 3.05) is 13.6 Å². The summed E-state index contributed by atoms with van der Waals surface area (Å²) >= 11 is 0. The molecule has 2 rings (SSSR count). The smallest absolute Gasteiger partial charge is 0.106 e. The van der Waals surface area contributed by atoms with E-state index in [1.165, 1.54) is 0 Å². The third-order valence-corrected chi connectivity index (χ3v) is 3.06. The third-order valence-electron chi connectivity index (χ3n) is 3.06. The van der Waals surface area contributed by atoms with E-state index in [2.05, 4.69) is 21.8 Å². The molecule has 0 aliphatic rings. The highest BCUT2D eigenvalue weighted by Crippen LogP contribution is 2.21. The standard InChI is InChI=1S/C13H19N3O/c1-4-16-9(2)15-11-7-10(5-6-12(11)16)13(17)8-14-3/h5-7,13-14,17H,4,8H2,1-3H3. The molecule has 17 heavy (non-hydrogen) atoms. The van der Waals surface area contributed by atoms with Crippen molar-refractivity contribution in [2.24, 2.45) is 0 Å². The van der Waals surface area contributed by atoms with E-state index in [4.69, 9.17) is 0 Å². The van der Waals surface area contributed by atoms with E-state index < -0.39 is 6.10 Å². The first-order chi connectivity index (χ1) is 8.17. The van der Waals surface area contributed by atoms with Crippen LogP contribution in [0.4, 0.5) is 0 Å². The molecule has 0 amide bonds. The Morgan fingerprint density at radius 2 is 2.24 bits per heavy atom. The van der Waals surface area contributed by atoms with Crippen molar-refractivity contribution < 1.29 is 5.11 Å². The van der Waals surface area contributed by atoms with Gasteiger partial charge < -0.3 is 15.0 Å². The fourth-order valence-electron chi connectivity index (χ4n) is 2.18. The fraction of sp³-hybridized carbons (Fsp3) is 0.462. The van der Waals surface area contributed by atoms with Crippen molar-refractivity contribution in [3.05, 3.63) is 29.6 Å². The maximum Gasteiger partial charge on any atom is 0.106 e. The molecular formula is C13H19N3O. The third kappa shape index (κ3) is 2.18.